The van der Waals surface area contributed by atoms with Gasteiger partial charge in [-0.05, 0) is 49.8 Å². The van der Waals surface area contributed by atoms with E-state index in [1.807, 2.05) is 22.7 Å². The smallest absolute Gasteiger partial charge is 0.387 e. The number of ether oxygens (including phenoxy) is 4. The molecule has 9 heteroatoms. The van der Waals surface area contributed by atoms with Gasteiger partial charge in [-0.3, -0.25) is 9.20 Å². The summed E-state index contributed by atoms with van der Waals surface area (Å²) in [5.74, 6) is 0.799. The number of nitrogens with zero attached hydrogens (tertiary/aromatic N) is 2. The molecule has 6 rings (SSSR count). The Morgan fingerprint density at radius 1 is 1.23 bits per heavy atom. The van der Waals surface area contributed by atoms with Crippen molar-refractivity contribution in [3.8, 4) is 28.5 Å². The largest absolute Gasteiger partial charge is 0.496 e. The number of hydrogen-bond acceptors (Lipinski definition) is 6. The highest BCUT2D eigenvalue weighted by Gasteiger charge is 2.51. The summed E-state index contributed by atoms with van der Waals surface area (Å²) in [6, 6.07) is 6.84. The predicted molar refractivity (Wildman–Crippen MR) is 122 cm³/mol. The van der Waals surface area contributed by atoms with E-state index >= 15 is 0 Å². The number of hydrogen-bond donors (Lipinski definition) is 0. The summed E-state index contributed by atoms with van der Waals surface area (Å²) in [6.45, 7) is -1.43. The van der Waals surface area contributed by atoms with Crippen molar-refractivity contribution >= 4 is 11.4 Å². The van der Waals surface area contributed by atoms with Crippen LogP contribution in [0.3, 0.4) is 0 Å². The summed E-state index contributed by atoms with van der Waals surface area (Å²) in [6.07, 6.45) is 7.89. The predicted octanol–water partition coefficient (Wildman–Crippen LogP) is 5.15. The van der Waals surface area contributed by atoms with Crippen LogP contribution in [-0.4, -0.2) is 48.2 Å². The quantitative estimate of drug-likeness (QED) is 0.391. The highest BCUT2D eigenvalue weighted by Crippen LogP contribution is 2.48. The van der Waals surface area contributed by atoms with Crippen molar-refractivity contribution in [2.45, 2.75) is 44.8 Å². The number of imidazole rings is 1. The van der Waals surface area contributed by atoms with Gasteiger partial charge in [0.25, 0.3) is 0 Å². The maximum atomic E-state index is 13.2. The van der Waals surface area contributed by atoms with Crippen LogP contribution in [0.25, 0.3) is 16.9 Å². The topological polar surface area (TPSA) is 71.3 Å². The number of Topliss-reactive ketones (excluding diaryl/α,β-unsaturated/α-hetero) is 1. The number of alkyl halides is 2. The molecule has 0 unspecified atom stereocenters. The van der Waals surface area contributed by atoms with Crippen LogP contribution >= 0.6 is 0 Å². The molecule has 3 aliphatic rings. The summed E-state index contributed by atoms with van der Waals surface area (Å²) >= 11 is 0. The molecule has 1 saturated heterocycles. The van der Waals surface area contributed by atoms with Crippen molar-refractivity contribution in [2.75, 3.05) is 20.3 Å². The second-order valence-electron chi connectivity index (χ2n) is 9.88. The van der Waals surface area contributed by atoms with E-state index < -0.39 is 6.61 Å². The normalized spacial score (nSPS) is 19.0. The Labute approximate surface area is 200 Å². The molecular weight excluding hydrogens is 458 g/mol. The number of benzene rings is 1. The number of carbonyl (C=O) groups excluding carboxylic acids is 1. The van der Waals surface area contributed by atoms with Crippen molar-refractivity contribution in [2.24, 2.45) is 11.3 Å². The molecular formula is C26H26F2N2O5. The zero-order valence-electron chi connectivity index (χ0n) is 19.3. The third-order valence-corrected chi connectivity index (χ3v) is 7.17. The van der Waals surface area contributed by atoms with Crippen LogP contribution in [0, 0.1) is 11.3 Å². The first kappa shape index (κ1) is 22.3. The Bertz CT molecular complexity index is 1270. The highest BCUT2D eigenvalue weighted by molar-refractivity contribution is 6.02. The van der Waals surface area contributed by atoms with Gasteiger partial charge in [-0.2, -0.15) is 8.78 Å². The number of ketones is 1. The minimum atomic E-state index is -3.07. The molecule has 35 heavy (non-hydrogen) atoms. The third-order valence-electron chi connectivity index (χ3n) is 7.17. The summed E-state index contributed by atoms with van der Waals surface area (Å²) in [4.78, 5) is 17.3. The Balaban J connectivity index is 1.30. The maximum absolute atomic E-state index is 13.2. The summed E-state index contributed by atoms with van der Waals surface area (Å²) in [5, 5.41) is 0. The van der Waals surface area contributed by atoms with Gasteiger partial charge in [0.05, 0.1) is 32.2 Å². The molecule has 2 aromatic heterocycles. The molecule has 2 saturated carbocycles. The van der Waals surface area contributed by atoms with Crippen LogP contribution in [0.2, 0.25) is 0 Å². The van der Waals surface area contributed by atoms with Gasteiger partial charge in [-0.15, -0.1) is 0 Å². The molecule has 0 atom stereocenters. The van der Waals surface area contributed by atoms with Crippen molar-refractivity contribution in [1.82, 2.24) is 9.38 Å². The molecule has 0 N–H and O–H groups in total. The van der Waals surface area contributed by atoms with E-state index in [0.717, 1.165) is 44.6 Å². The number of fused-ring (bicyclic) bond motifs is 1. The van der Waals surface area contributed by atoms with Crippen LogP contribution in [0.4, 0.5) is 8.78 Å². The van der Waals surface area contributed by atoms with E-state index in [0.29, 0.717) is 34.7 Å². The van der Waals surface area contributed by atoms with Gasteiger partial charge in [-0.1, -0.05) is 0 Å². The average Bonchev–Trinajstić information content (AvgIpc) is 3.48. The molecule has 0 bridgehead atoms. The molecule has 184 valence electrons. The molecule has 2 aliphatic carbocycles. The molecule has 3 fully saturated rings. The molecule has 0 amide bonds. The summed E-state index contributed by atoms with van der Waals surface area (Å²) < 4.78 is 50.0. The molecule has 3 aromatic rings. The fraction of sp³-hybridized carbons (Fsp3) is 0.462. The van der Waals surface area contributed by atoms with Crippen LogP contribution in [0.5, 0.6) is 17.2 Å². The van der Waals surface area contributed by atoms with Crippen molar-refractivity contribution in [3.05, 3.63) is 42.2 Å². The lowest BCUT2D eigenvalue weighted by Gasteiger charge is -2.52. The number of rotatable bonds is 9. The Morgan fingerprint density at radius 3 is 2.66 bits per heavy atom. The molecule has 1 spiro atoms. The van der Waals surface area contributed by atoms with Crippen molar-refractivity contribution in [3.63, 3.8) is 0 Å². The van der Waals surface area contributed by atoms with Gasteiger partial charge < -0.3 is 18.9 Å². The van der Waals surface area contributed by atoms with Gasteiger partial charge in [-0.25, -0.2) is 4.98 Å². The van der Waals surface area contributed by atoms with Crippen LogP contribution in [0.15, 0.2) is 36.7 Å². The number of methoxy groups -OCH3 is 1. The summed E-state index contributed by atoms with van der Waals surface area (Å²) in [5.41, 5.74) is 2.23. The van der Waals surface area contributed by atoms with Crippen LogP contribution in [0.1, 0.15) is 42.5 Å². The van der Waals surface area contributed by atoms with E-state index in [4.69, 9.17) is 18.9 Å². The van der Waals surface area contributed by atoms with E-state index in [9.17, 15) is 13.6 Å². The lowest BCUT2D eigenvalue weighted by atomic mass is 9.65. The van der Waals surface area contributed by atoms with E-state index in [1.165, 1.54) is 13.2 Å². The second-order valence-corrected chi connectivity index (χ2v) is 9.88. The first-order valence-electron chi connectivity index (χ1n) is 11.8. The zero-order valence-corrected chi connectivity index (χ0v) is 19.3. The Kier molecular flexibility index (Phi) is 5.40. The number of halogens is 2. The fourth-order valence-corrected chi connectivity index (χ4v) is 5.11. The van der Waals surface area contributed by atoms with E-state index in [-0.39, 0.29) is 28.9 Å². The van der Waals surface area contributed by atoms with Crippen LogP contribution < -0.4 is 14.2 Å². The second kappa shape index (κ2) is 8.48. The lowest BCUT2D eigenvalue weighted by Crippen LogP contribution is -2.56. The maximum Gasteiger partial charge on any atom is 0.387 e. The molecule has 1 aliphatic heterocycles. The number of pyridine rings is 1. The van der Waals surface area contributed by atoms with Gasteiger partial charge in [0, 0.05) is 29.7 Å². The molecule has 1 aromatic carbocycles. The van der Waals surface area contributed by atoms with E-state index in [2.05, 4.69) is 4.98 Å². The lowest BCUT2D eigenvalue weighted by molar-refractivity contribution is -0.191. The average molecular weight is 484 g/mol. The van der Waals surface area contributed by atoms with E-state index in [1.54, 1.807) is 12.3 Å². The SMILES string of the molecule is COc1cc(-c2cnc3cc(OC4CC5(COC5)C4)ccn23)cc(OC(F)F)c1C(=O)CC1CC1. The van der Waals surface area contributed by atoms with Crippen molar-refractivity contribution < 1.29 is 32.5 Å². The first-order valence-corrected chi connectivity index (χ1v) is 11.8. The van der Waals surface area contributed by atoms with Gasteiger partial charge in [0.15, 0.2) is 5.78 Å². The number of carbonyl (C=O) groups is 1. The highest BCUT2D eigenvalue weighted by atomic mass is 19.3. The molecule has 0 radical (unpaired) electrons. The standard InChI is InChI=1S/C26H26F2N2O5/c1-32-21-7-16(8-22(35-25(27)28)24(21)20(31)6-15-2-3-15)19-12-29-23-9-17(4-5-30(19)23)34-18-10-26(11-18)13-33-14-26/h4-5,7-9,12,15,18,25H,2-3,6,10-11,13-14H2,1H3. The fourth-order valence-electron chi connectivity index (χ4n) is 5.11. The summed E-state index contributed by atoms with van der Waals surface area (Å²) in [7, 11) is 1.41. The molecule has 3 heterocycles. The minimum Gasteiger partial charge on any atom is -0.496 e. The molecule has 7 nitrogen and oxygen atoms in total. The zero-order chi connectivity index (χ0) is 24.2. The van der Waals surface area contributed by atoms with Crippen molar-refractivity contribution in [1.29, 1.82) is 0 Å². The Morgan fingerprint density at radius 2 is 2.00 bits per heavy atom. The van der Waals surface area contributed by atoms with Crippen LogP contribution in [-0.2, 0) is 4.74 Å². The Hall–Kier alpha value is -3.20. The minimum absolute atomic E-state index is 0.0584. The van der Waals surface area contributed by atoms with Gasteiger partial charge >= 0.3 is 6.61 Å². The first-order chi connectivity index (χ1) is 16.9. The van der Waals surface area contributed by atoms with Gasteiger partial charge in [0.2, 0.25) is 0 Å². The third kappa shape index (κ3) is 4.22. The number of aromatic nitrogens is 2. The monoisotopic (exact) mass is 484 g/mol. The van der Waals surface area contributed by atoms with Gasteiger partial charge in [0.1, 0.15) is 34.6 Å².